The monoisotopic (exact) mass is 142 g/mol. The Bertz CT molecular complexity index is 202. The predicted octanol–water partition coefficient (Wildman–Crippen LogP) is 2.62. The molecule has 0 saturated heterocycles. The van der Waals surface area contributed by atoms with Crippen molar-refractivity contribution in [3.05, 3.63) is 34.8 Å². The van der Waals surface area contributed by atoms with Crippen molar-refractivity contribution in [2.24, 2.45) is 0 Å². The van der Waals surface area contributed by atoms with Gasteiger partial charge in [-0.15, -0.1) is 17.9 Å². The molecule has 0 bridgehead atoms. The minimum atomic E-state index is -0.111. The van der Waals surface area contributed by atoms with Crippen LogP contribution in [0.1, 0.15) is 4.88 Å². The van der Waals surface area contributed by atoms with Crippen LogP contribution in [0.4, 0.5) is 4.39 Å². The summed E-state index contributed by atoms with van der Waals surface area (Å²) in [6.07, 6.45) is 2.35. The van der Waals surface area contributed by atoms with Gasteiger partial charge in [0.1, 0.15) is 5.82 Å². The Kier molecular flexibility index (Phi) is 2.01. The van der Waals surface area contributed by atoms with Crippen molar-refractivity contribution in [2.75, 3.05) is 0 Å². The molecule has 0 N–H and O–H groups in total. The van der Waals surface area contributed by atoms with E-state index in [1.807, 2.05) is 0 Å². The first-order chi connectivity index (χ1) is 4.34. The van der Waals surface area contributed by atoms with Crippen LogP contribution in [0.5, 0.6) is 0 Å². The van der Waals surface area contributed by atoms with Gasteiger partial charge in [-0.3, -0.25) is 0 Å². The van der Waals surface area contributed by atoms with E-state index in [1.54, 1.807) is 11.5 Å². The Balaban J connectivity index is 2.80. The first kappa shape index (κ1) is 6.49. The Morgan fingerprint density at radius 2 is 2.56 bits per heavy atom. The van der Waals surface area contributed by atoms with Crippen molar-refractivity contribution in [3.63, 3.8) is 0 Å². The largest absolute Gasteiger partial charge is 0.206 e. The maximum absolute atomic E-state index is 12.5. The summed E-state index contributed by atoms with van der Waals surface area (Å²) in [6, 6.07) is 1.48. The van der Waals surface area contributed by atoms with Crippen LogP contribution in [0.3, 0.4) is 0 Å². The zero-order chi connectivity index (χ0) is 6.69. The second-order valence-electron chi connectivity index (χ2n) is 1.68. The van der Waals surface area contributed by atoms with Crippen LogP contribution in [0, 0.1) is 5.82 Å². The van der Waals surface area contributed by atoms with Crippen molar-refractivity contribution >= 4 is 11.3 Å². The van der Waals surface area contributed by atoms with E-state index < -0.39 is 0 Å². The second kappa shape index (κ2) is 2.78. The van der Waals surface area contributed by atoms with Crippen LogP contribution >= 0.6 is 11.3 Å². The van der Waals surface area contributed by atoms with Gasteiger partial charge in [-0.2, -0.15) is 0 Å². The van der Waals surface area contributed by atoms with E-state index in [9.17, 15) is 4.39 Å². The third-order valence-electron chi connectivity index (χ3n) is 1.02. The molecular formula is C7H7FS. The van der Waals surface area contributed by atoms with E-state index in [0.717, 1.165) is 4.88 Å². The van der Waals surface area contributed by atoms with Crippen LogP contribution in [0.2, 0.25) is 0 Å². The summed E-state index contributed by atoms with van der Waals surface area (Å²) >= 11 is 1.43. The molecule has 1 aromatic heterocycles. The molecule has 0 unspecified atom stereocenters. The Morgan fingerprint density at radius 1 is 1.78 bits per heavy atom. The predicted molar refractivity (Wildman–Crippen MR) is 38.2 cm³/mol. The van der Waals surface area contributed by atoms with Gasteiger partial charge < -0.3 is 0 Å². The van der Waals surface area contributed by atoms with Crippen molar-refractivity contribution in [1.29, 1.82) is 0 Å². The van der Waals surface area contributed by atoms with Crippen LogP contribution in [-0.4, -0.2) is 0 Å². The van der Waals surface area contributed by atoms with E-state index >= 15 is 0 Å². The van der Waals surface area contributed by atoms with Gasteiger partial charge in [0.05, 0.1) is 0 Å². The lowest BCUT2D eigenvalue weighted by atomic mass is 10.3. The Labute approximate surface area is 57.6 Å². The summed E-state index contributed by atoms with van der Waals surface area (Å²) in [5, 5.41) is 1.74. The average molecular weight is 142 g/mol. The minimum absolute atomic E-state index is 0.111. The summed E-state index contributed by atoms with van der Waals surface area (Å²) in [7, 11) is 0. The highest BCUT2D eigenvalue weighted by molar-refractivity contribution is 7.09. The average Bonchev–Trinajstić information content (AvgIpc) is 2.18. The quantitative estimate of drug-likeness (QED) is 0.557. The van der Waals surface area contributed by atoms with E-state index in [1.165, 1.54) is 17.4 Å². The molecule has 9 heavy (non-hydrogen) atoms. The van der Waals surface area contributed by atoms with Gasteiger partial charge >= 0.3 is 0 Å². The van der Waals surface area contributed by atoms with Gasteiger partial charge in [-0.05, 0) is 11.4 Å². The maximum atomic E-state index is 12.5. The zero-order valence-electron chi connectivity index (χ0n) is 4.93. The molecule has 0 fully saturated rings. The highest BCUT2D eigenvalue weighted by Crippen LogP contribution is 2.14. The molecule has 2 heteroatoms. The number of hydrogen-bond donors (Lipinski definition) is 0. The van der Waals surface area contributed by atoms with Crippen LogP contribution in [0.25, 0.3) is 0 Å². The summed E-state index contributed by atoms with van der Waals surface area (Å²) < 4.78 is 12.5. The first-order valence-corrected chi connectivity index (χ1v) is 3.55. The molecule has 1 aromatic rings. The molecule has 0 radical (unpaired) electrons. The maximum Gasteiger partial charge on any atom is 0.137 e. The van der Waals surface area contributed by atoms with E-state index in [2.05, 4.69) is 6.58 Å². The van der Waals surface area contributed by atoms with E-state index in [4.69, 9.17) is 0 Å². The normalized spacial score (nSPS) is 9.44. The molecule has 0 nitrogen and oxygen atoms in total. The molecule has 1 rings (SSSR count). The van der Waals surface area contributed by atoms with Gasteiger partial charge in [-0.1, -0.05) is 6.08 Å². The van der Waals surface area contributed by atoms with Gasteiger partial charge in [0.25, 0.3) is 0 Å². The summed E-state index contributed by atoms with van der Waals surface area (Å²) in [5.74, 6) is -0.111. The minimum Gasteiger partial charge on any atom is -0.206 e. The highest BCUT2D eigenvalue weighted by Gasteiger charge is 1.98. The molecule has 0 spiro atoms. The van der Waals surface area contributed by atoms with Gasteiger partial charge in [0.15, 0.2) is 0 Å². The van der Waals surface area contributed by atoms with Gasteiger partial charge in [-0.25, -0.2) is 4.39 Å². The highest BCUT2D eigenvalue weighted by atomic mass is 32.1. The lowest BCUT2D eigenvalue weighted by molar-refractivity contribution is 0.622. The third kappa shape index (κ3) is 1.39. The van der Waals surface area contributed by atoms with E-state index in [-0.39, 0.29) is 5.82 Å². The molecule has 48 valence electrons. The first-order valence-electron chi connectivity index (χ1n) is 2.67. The molecule has 0 aliphatic carbocycles. The second-order valence-corrected chi connectivity index (χ2v) is 2.69. The number of halogens is 1. The molecule has 0 atom stereocenters. The van der Waals surface area contributed by atoms with Crippen LogP contribution in [-0.2, 0) is 6.42 Å². The molecule has 0 aliphatic rings. The molecular weight excluding hydrogens is 135 g/mol. The van der Waals surface area contributed by atoms with Crippen molar-refractivity contribution in [2.45, 2.75) is 6.42 Å². The number of thiophene rings is 1. The molecule has 0 amide bonds. The number of allylic oxidation sites excluding steroid dienone is 1. The summed E-state index contributed by atoms with van der Waals surface area (Å²) in [4.78, 5) is 0.769. The number of rotatable bonds is 2. The fraction of sp³-hybridized carbons (Fsp3) is 0.143. The smallest absolute Gasteiger partial charge is 0.137 e. The lowest BCUT2D eigenvalue weighted by Crippen LogP contribution is -1.76. The van der Waals surface area contributed by atoms with Crippen molar-refractivity contribution in [1.82, 2.24) is 0 Å². The lowest BCUT2D eigenvalue weighted by Gasteiger charge is -1.85. The fourth-order valence-electron chi connectivity index (χ4n) is 0.602. The van der Waals surface area contributed by atoms with Crippen molar-refractivity contribution < 1.29 is 4.39 Å². The molecule has 0 saturated carbocycles. The fourth-order valence-corrected chi connectivity index (χ4v) is 1.35. The topological polar surface area (TPSA) is 0 Å². The van der Waals surface area contributed by atoms with Gasteiger partial charge in [0, 0.05) is 11.3 Å². The molecule has 0 aromatic carbocycles. The zero-order valence-corrected chi connectivity index (χ0v) is 5.75. The Morgan fingerprint density at radius 3 is 3.00 bits per heavy atom. The standard InChI is InChI=1S/C7H7FS/c1-2-3-7-6(8)4-5-9-7/h2,4-5H,1,3H2. The van der Waals surface area contributed by atoms with Crippen molar-refractivity contribution in [3.8, 4) is 0 Å². The summed E-state index contributed by atoms with van der Waals surface area (Å²) in [5.41, 5.74) is 0. The van der Waals surface area contributed by atoms with Crippen LogP contribution in [0.15, 0.2) is 24.1 Å². The molecule has 0 aliphatic heterocycles. The van der Waals surface area contributed by atoms with E-state index in [0.29, 0.717) is 6.42 Å². The molecule has 1 heterocycles. The van der Waals surface area contributed by atoms with Crippen LogP contribution < -0.4 is 0 Å². The summed E-state index contributed by atoms with van der Waals surface area (Å²) in [6.45, 7) is 3.52. The third-order valence-corrected chi connectivity index (χ3v) is 1.94. The Hall–Kier alpha value is -0.630. The SMILES string of the molecule is C=CCc1sccc1F. The van der Waals surface area contributed by atoms with Gasteiger partial charge in [0.2, 0.25) is 0 Å². The number of hydrogen-bond acceptors (Lipinski definition) is 1.